The zero-order valence-corrected chi connectivity index (χ0v) is 11.2. The zero-order valence-electron chi connectivity index (χ0n) is 11.2. The predicted octanol–water partition coefficient (Wildman–Crippen LogP) is 1.98. The molecule has 106 valence electrons. The predicted molar refractivity (Wildman–Crippen MR) is 73.9 cm³/mol. The molecular formula is C12H15N5O3. The maximum absolute atomic E-state index is 11.1. The summed E-state index contributed by atoms with van der Waals surface area (Å²) in [5.74, 6) is 1.07. The Bertz CT molecular complexity index is 611. The Kier molecular flexibility index (Phi) is 4.14. The summed E-state index contributed by atoms with van der Waals surface area (Å²) in [6, 6.07) is 5.08. The second-order valence-electron chi connectivity index (χ2n) is 4.12. The Hall–Kier alpha value is -2.64. The monoisotopic (exact) mass is 277 g/mol. The van der Waals surface area contributed by atoms with Gasteiger partial charge in [0, 0.05) is 26.9 Å². The van der Waals surface area contributed by atoms with Crippen LogP contribution in [0.5, 0.6) is 0 Å². The quantitative estimate of drug-likeness (QED) is 0.614. The van der Waals surface area contributed by atoms with Crippen LogP contribution in [0.3, 0.4) is 0 Å². The van der Waals surface area contributed by atoms with Gasteiger partial charge in [-0.2, -0.15) is 4.98 Å². The van der Waals surface area contributed by atoms with E-state index in [2.05, 4.69) is 20.8 Å². The molecule has 0 aliphatic carbocycles. The SMILES string of the molecule is CNc1cccc(NCCc2noc(C)n2)c1[N+](=O)[O-]. The Morgan fingerprint density at radius 1 is 1.40 bits per heavy atom. The molecule has 2 aromatic rings. The standard InChI is InChI=1S/C12H15N5O3/c1-8-15-11(16-20-8)6-7-14-10-5-3-4-9(13-2)12(10)17(18)19/h3-5,13-14H,6-7H2,1-2H3. The Labute approximate surface area is 115 Å². The van der Waals surface area contributed by atoms with Gasteiger partial charge in [0.15, 0.2) is 5.82 Å². The second-order valence-corrected chi connectivity index (χ2v) is 4.12. The van der Waals surface area contributed by atoms with Crippen molar-refractivity contribution in [3.05, 3.63) is 40.0 Å². The molecule has 0 saturated heterocycles. The third-order valence-electron chi connectivity index (χ3n) is 2.72. The average molecular weight is 277 g/mol. The van der Waals surface area contributed by atoms with E-state index in [4.69, 9.17) is 4.52 Å². The summed E-state index contributed by atoms with van der Waals surface area (Å²) in [4.78, 5) is 14.8. The van der Waals surface area contributed by atoms with Crippen molar-refractivity contribution >= 4 is 17.1 Å². The van der Waals surface area contributed by atoms with Crippen molar-refractivity contribution in [2.45, 2.75) is 13.3 Å². The van der Waals surface area contributed by atoms with Gasteiger partial charge in [0.2, 0.25) is 5.89 Å². The lowest BCUT2D eigenvalue weighted by Gasteiger charge is -2.09. The van der Waals surface area contributed by atoms with Crippen LogP contribution in [-0.4, -0.2) is 28.7 Å². The lowest BCUT2D eigenvalue weighted by Crippen LogP contribution is -2.09. The van der Waals surface area contributed by atoms with Crippen LogP contribution in [-0.2, 0) is 6.42 Å². The third kappa shape index (κ3) is 3.02. The minimum atomic E-state index is -0.410. The number of nitrogens with one attached hydrogen (secondary N) is 2. The van der Waals surface area contributed by atoms with E-state index >= 15 is 0 Å². The summed E-state index contributed by atoms with van der Waals surface area (Å²) in [5, 5.41) is 20.7. The number of nitro groups is 1. The van der Waals surface area contributed by atoms with E-state index in [1.165, 1.54) is 0 Å². The lowest BCUT2D eigenvalue weighted by molar-refractivity contribution is -0.383. The molecule has 0 spiro atoms. The van der Waals surface area contributed by atoms with Crippen LogP contribution >= 0.6 is 0 Å². The van der Waals surface area contributed by atoms with Crippen molar-refractivity contribution in [2.75, 3.05) is 24.2 Å². The number of hydrogen-bond acceptors (Lipinski definition) is 7. The van der Waals surface area contributed by atoms with E-state index in [9.17, 15) is 10.1 Å². The van der Waals surface area contributed by atoms with E-state index in [0.29, 0.717) is 36.1 Å². The molecule has 8 nitrogen and oxygen atoms in total. The molecule has 1 aromatic heterocycles. The Morgan fingerprint density at radius 2 is 2.15 bits per heavy atom. The lowest BCUT2D eigenvalue weighted by atomic mass is 10.2. The summed E-state index contributed by atoms with van der Waals surface area (Å²) in [6.45, 7) is 2.19. The van der Waals surface area contributed by atoms with Crippen molar-refractivity contribution in [1.82, 2.24) is 10.1 Å². The fraction of sp³-hybridized carbons (Fsp3) is 0.333. The first-order valence-corrected chi connectivity index (χ1v) is 6.10. The van der Waals surface area contributed by atoms with Gasteiger partial charge in [0.1, 0.15) is 11.4 Å². The minimum Gasteiger partial charge on any atom is -0.382 e. The molecule has 0 fully saturated rings. The van der Waals surface area contributed by atoms with E-state index < -0.39 is 4.92 Å². The maximum atomic E-state index is 11.1. The zero-order chi connectivity index (χ0) is 14.5. The number of anilines is 2. The van der Waals surface area contributed by atoms with Crippen molar-refractivity contribution in [2.24, 2.45) is 0 Å². The van der Waals surface area contributed by atoms with E-state index in [-0.39, 0.29) is 5.69 Å². The minimum absolute atomic E-state index is 0.0271. The maximum Gasteiger partial charge on any atom is 0.315 e. The topological polar surface area (TPSA) is 106 Å². The van der Waals surface area contributed by atoms with Gasteiger partial charge in [0.05, 0.1) is 4.92 Å². The van der Waals surface area contributed by atoms with Gasteiger partial charge >= 0.3 is 5.69 Å². The molecule has 0 saturated carbocycles. The smallest absolute Gasteiger partial charge is 0.315 e. The highest BCUT2D eigenvalue weighted by Gasteiger charge is 2.18. The van der Waals surface area contributed by atoms with E-state index in [0.717, 1.165) is 0 Å². The number of rotatable bonds is 6. The van der Waals surface area contributed by atoms with Gasteiger partial charge < -0.3 is 15.2 Å². The second kappa shape index (κ2) is 6.00. The number of aryl methyl sites for hydroxylation is 1. The summed E-state index contributed by atoms with van der Waals surface area (Å²) < 4.78 is 4.86. The first kappa shape index (κ1) is 13.8. The first-order chi connectivity index (χ1) is 9.61. The van der Waals surface area contributed by atoms with Gasteiger partial charge in [-0.25, -0.2) is 0 Å². The van der Waals surface area contributed by atoms with Crippen LogP contribution in [0.4, 0.5) is 17.1 Å². The molecule has 8 heteroatoms. The molecule has 1 aromatic carbocycles. The molecule has 0 bridgehead atoms. The van der Waals surface area contributed by atoms with Gasteiger partial charge in [-0.05, 0) is 12.1 Å². The van der Waals surface area contributed by atoms with Crippen LogP contribution in [0.25, 0.3) is 0 Å². The van der Waals surface area contributed by atoms with Crippen LogP contribution in [0, 0.1) is 17.0 Å². The number of para-hydroxylation sites is 1. The van der Waals surface area contributed by atoms with E-state index in [1.807, 2.05) is 0 Å². The van der Waals surface area contributed by atoms with Crippen molar-refractivity contribution in [3.8, 4) is 0 Å². The van der Waals surface area contributed by atoms with Crippen molar-refractivity contribution < 1.29 is 9.45 Å². The number of benzene rings is 1. The molecule has 0 aliphatic rings. The molecule has 0 amide bonds. The van der Waals surface area contributed by atoms with Gasteiger partial charge in [-0.15, -0.1) is 0 Å². The van der Waals surface area contributed by atoms with Crippen LogP contribution in [0.1, 0.15) is 11.7 Å². The number of hydrogen-bond donors (Lipinski definition) is 2. The van der Waals surface area contributed by atoms with Gasteiger partial charge in [-0.3, -0.25) is 10.1 Å². The van der Waals surface area contributed by atoms with Crippen molar-refractivity contribution in [3.63, 3.8) is 0 Å². The average Bonchev–Trinajstić information content (AvgIpc) is 2.83. The number of nitro benzene ring substituents is 1. The first-order valence-electron chi connectivity index (χ1n) is 6.10. The van der Waals surface area contributed by atoms with Crippen LogP contribution in [0.15, 0.2) is 22.7 Å². The third-order valence-corrected chi connectivity index (χ3v) is 2.72. The van der Waals surface area contributed by atoms with Crippen LogP contribution in [0.2, 0.25) is 0 Å². The molecule has 0 radical (unpaired) electrons. The molecule has 0 aliphatic heterocycles. The summed E-state index contributed by atoms with van der Waals surface area (Å²) in [5.41, 5.74) is 0.955. The number of aromatic nitrogens is 2. The normalized spacial score (nSPS) is 10.3. The number of nitrogens with zero attached hydrogens (tertiary/aromatic N) is 3. The van der Waals surface area contributed by atoms with E-state index in [1.54, 1.807) is 32.2 Å². The Balaban J connectivity index is 2.07. The highest BCUT2D eigenvalue weighted by Crippen LogP contribution is 2.32. The molecule has 2 rings (SSSR count). The summed E-state index contributed by atoms with van der Waals surface area (Å²) in [7, 11) is 1.65. The fourth-order valence-electron chi connectivity index (χ4n) is 1.84. The summed E-state index contributed by atoms with van der Waals surface area (Å²) >= 11 is 0. The summed E-state index contributed by atoms with van der Waals surface area (Å²) in [6.07, 6.45) is 0.526. The van der Waals surface area contributed by atoms with Crippen molar-refractivity contribution in [1.29, 1.82) is 0 Å². The highest BCUT2D eigenvalue weighted by atomic mass is 16.6. The molecule has 1 heterocycles. The van der Waals surface area contributed by atoms with Crippen LogP contribution < -0.4 is 10.6 Å². The van der Waals surface area contributed by atoms with Gasteiger partial charge in [0.25, 0.3) is 0 Å². The molecular weight excluding hydrogens is 262 g/mol. The molecule has 2 N–H and O–H groups in total. The highest BCUT2D eigenvalue weighted by molar-refractivity contribution is 5.75. The van der Waals surface area contributed by atoms with Gasteiger partial charge in [-0.1, -0.05) is 11.2 Å². The molecule has 0 unspecified atom stereocenters. The largest absolute Gasteiger partial charge is 0.382 e. The molecule has 0 atom stereocenters. The Morgan fingerprint density at radius 3 is 2.75 bits per heavy atom. The molecule has 20 heavy (non-hydrogen) atoms. The fourth-order valence-corrected chi connectivity index (χ4v) is 1.84.